The molecule has 5 aromatic rings. The molecular weight excluding hydrogens is 774 g/mol. The third-order valence-electron chi connectivity index (χ3n) is 9.12. The van der Waals surface area contributed by atoms with E-state index in [0.717, 1.165) is 16.5 Å². The van der Waals surface area contributed by atoms with Crippen LogP contribution in [0.2, 0.25) is 0 Å². The first-order chi connectivity index (χ1) is 24.6. The van der Waals surface area contributed by atoms with Gasteiger partial charge in [-0.3, -0.25) is 4.79 Å². The highest BCUT2D eigenvalue weighted by atomic mass is 79.9. The Morgan fingerprint density at radius 3 is 2.58 bits per heavy atom. The van der Waals surface area contributed by atoms with E-state index in [4.69, 9.17) is 14.8 Å². The second-order valence-corrected chi connectivity index (χ2v) is 18.0. The van der Waals surface area contributed by atoms with Crippen molar-refractivity contribution in [3.63, 3.8) is 0 Å². The molecule has 0 saturated carbocycles. The summed E-state index contributed by atoms with van der Waals surface area (Å²) >= 11 is 4.71. The van der Waals surface area contributed by atoms with Gasteiger partial charge in [-0.25, -0.2) is 26.9 Å². The Hall–Kier alpha value is -3.59. The average molecular weight is 818 g/mol. The zero-order valence-corrected chi connectivity index (χ0v) is 33.0. The van der Waals surface area contributed by atoms with E-state index in [1.807, 2.05) is 51.1 Å². The maximum atomic E-state index is 15.6. The molecule has 0 aliphatic rings. The number of aromatic nitrogens is 4. The summed E-state index contributed by atoms with van der Waals surface area (Å²) in [5.74, 6) is -0.936. The first-order valence-electron chi connectivity index (χ1n) is 17.0. The molecule has 2 aromatic heterocycles. The fraction of sp³-hybridized carbons (Fsp3) is 0.395. The number of aliphatic hydroxyl groups excluding tert-OH is 1. The van der Waals surface area contributed by atoms with E-state index in [-0.39, 0.29) is 41.9 Å². The highest BCUT2D eigenvalue weighted by Crippen LogP contribution is 2.42. The number of fused-ring (bicyclic) bond motifs is 1. The fourth-order valence-corrected chi connectivity index (χ4v) is 9.94. The Balaban J connectivity index is 1.50. The van der Waals surface area contributed by atoms with Gasteiger partial charge < -0.3 is 14.8 Å². The van der Waals surface area contributed by atoms with E-state index in [1.165, 1.54) is 28.6 Å². The minimum atomic E-state index is -3.44. The second kappa shape index (κ2) is 16.2. The number of nitrogens with zero attached hydrogens (tertiary/aromatic N) is 3. The number of H-pyrrole nitrogens is 1. The largest absolute Gasteiger partial charge is 0.466 e. The minimum Gasteiger partial charge on any atom is -0.466 e. The zero-order valence-electron chi connectivity index (χ0n) is 29.8. The number of esters is 1. The van der Waals surface area contributed by atoms with E-state index < -0.39 is 38.9 Å². The van der Waals surface area contributed by atoms with Gasteiger partial charge in [-0.1, -0.05) is 56.3 Å². The third kappa shape index (κ3) is 9.12. The van der Waals surface area contributed by atoms with Crippen molar-refractivity contribution in [3.05, 3.63) is 93.9 Å². The predicted molar refractivity (Wildman–Crippen MR) is 203 cm³/mol. The highest BCUT2D eigenvalue weighted by molar-refractivity contribution is 9.10. The van der Waals surface area contributed by atoms with Crippen molar-refractivity contribution in [1.29, 1.82) is 0 Å². The van der Waals surface area contributed by atoms with E-state index in [0.29, 0.717) is 44.9 Å². The fourth-order valence-electron chi connectivity index (χ4n) is 6.50. The summed E-state index contributed by atoms with van der Waals surface area (Å²) in [7, 11) is -1.75. The molecular formula is C38H43BrF2N4O5S2. The predicted octanol–water partition coefficient (Wildman–Crippen LogP) is 8.17. The molecule has 0 spiro atoms. The van der Waals surface area contributed by atoms with Crippen molar-refractivity contribution in [2.75, 3.05) is 24.7 Å². The molecule has 52 heavy (non-hydrogen) atoms. The van der Waals surface area contributed by atoms with E-state index in [2.05, 4.69) is 20.9 Å². The molecule has 0 aliphatic carbocycles. The number of aryl methyl sites for hydroxylation is 1. The molecule has 0 radical (unpaired) electrons. The van der Waals surface area contributed by atoms with Gasteiger partial charge in [0, 0.05) is 33.5 Å². The average Bonchev–Trinajstić information content (AvgIpc) is 3.70. The first kappa shape index (κ1) is 39.6. The van der Waals surface area contributed by atoms with Crippen LogP contribution in [0.4, 0.5) is 8.78 Å². The number of hydrogen-bond donors (Lipinski definition) is 2. The number of sulfone groups is 1. The normalized spacial score (nSPS) is 13.4. The molecule has 0 fully saturated rings. The molecule has 0 amide bonds. The quantitative estimate of drug-likeness (QED) is 0.0956. The molecule has 278 valence electrons. The number of carbonyl (C=O) groups excluding carboxylic acids is 1. The molecule has 0 unspecified atom stereocenters. The number of carbonyl (C=O) groups is 1. The maximum absolute atomic E-state index is 15.6. The van der Waals surface area contributed by atoms with Gasteiger partial charge in [-0.05, 0) is 89.5 Å². The van der Waals surface area contributed by atoms with Crippen LogP contribution in [0.25, 0.3) is 22.3 Å². The number of rotatable bonds is 16. The Labute approximate surface area is 315 Å². The van der Waals surface area contributed by atoms with Crippen LogP contribution < -0.4 is 0 Å². The van der Waals surface area contributed by atoms with Gasteiger partial charge >= 0.3 is 5.97 Å². The summed E-state index contributed by atoms with van der Waals surface area (Å²) in [4.78, 5) is 21.3. The summed E-state index contributed by atoms with van der Waals surface area (Å²) in [5.41, 5.74) is 1.04. The lowest BCUT2D eigenvalue weighted by molar-refractivity contribution is -0.142. The Morgan fingerprint density at radius 1 is 1.08 bits per heavy atom. The number of aromatic amines is 1. The lowest BCUT2D eigenvalue weighted by Crippen LogP contribution is -2.29. The van der Waals surface area contributed by atoms with Crippen LogP contribution in [0.1, 0.15) is 63.9 Å². The second-order valence-electron chi connectivity index (χ2n) is 13.9. The first-order valence-corrected chi connectivity index (χ1v) is 20.4. The van der Waals surface area contributed by atoms with Crippen LogP contribution in [0.15, 0.2) is 75.1 Å². The van der Waals surface area contributed by atoms with Crippen molar-refractivity contribution in [2.45, 2.75) is 68.6 Å². The van der Waals surface area contributed by atoms with Gasteiger partial charge in [-0.15, -0.1) is 0 Å². The van der Waals surface area contributed by atoms with Crippen LogP contribution in [0, 0.1) is 17.0 Å². The van der Waals surface area contributed by atoms with Crippen molar-refractivity contribution < 1.29 is 31.8 Å². The number of halogens is 3. The topological polar surface area (TPSA) is 127 Å². The zero-order chi connectivity index (χ0) is 37.8. The highest BCUT2D eigenvalue weighted by Gasteiger charge is 2.36. The minimum absolute atomic E-state index is 0.0641. The van der Waals surface area contributed by atoms with Gasteiger partial charge in [0.1, 0.15) is 11.6 Å². The smallest absolute Gasteiger partial charge is 0.310 e. The summed E-state index contributed by atoms with van der Waals surface area (Å²) in [6.45, 7) is 7.38. The van der Waals surface area contributed by atoms with Crippen LogP contribution in [0.5, 0.6) is 0 Å². The summed E-state index contributed by atoms with van der Waals surface area (Å²) < 4.78 is 63.2. The van der Waals surface area contributed by atoms with E-state index >= 15 is 8.78 Å². The van der Waals surface area contributed by atoms with E-state index in [1.54, 1.807) is 32.3 Å². The number of ether oxygens (including phenoxy) is 1. The molecule has 2 N–H and O–H groups in total. The lowest BCUT2D eigenvalue weighted by atomic mass is 9.75. The Bertz CT molecular complexity index is 2190. The van der Waals surface area contributed by atoms with Gasteiger partial charge in [0.25, 0.3) is 0 Å². The van der Waals surface area contributed by atoms with Crippen LogP contribution >= 0.6 is 27.7 Å². The molecule has 5 rings (SSSR count). The van der Waals surface area contributed by atoms with Crippen molar-refractivity contribution in [2.24, 2.45) is 12.5 Å². The molecule has 3 aromatic carbocycles. The van der Waals surface area contributed by atoms with Gasteiger partial charge in [0.15, 0.2) is 21.5 Å². The number of hydrogen-bond acceptors (Lipinski definition) is 8. The van der Waals surface area contributed by atoms with Crippen LogP contribution in [-0.2, 0) is 38.3 Å². The lowest BCUT2D eigenvalue weighted by Gasteiger charge is -2.30. The molecule has 1 atom stereocenters. The van der Waals surface area contributed by atoms with Crippen LogP contribution in [-0.4, -0.2) is 64.0 Å². The molecule has 0 bridgehead atoms. The maximum Gasteiger partial charge on any atom is 0.310 e. The van der Waals surface area contributed by atoms with Gasteiger partial charge in [0.2, 0.25) is 0 Å². The number of nitrogens with one attached hydrogen (secondary N) is 1. The van der Waals surface area contributed by atoms with Gasteiger partial charge in [-0.2, -0.15) is 5.10 Å². The summed E-state index contributed by atoms with van der Waals surface area (Å²) in [5, 5.41) is 14.9. The standard InChI is InChI=1S/C38H43BrF2N4O5S2/c1-6-50-32(47)20-24-9-7-10-25(19-24)38(4,15-8-14-37(2,3)23-52(48,49)18-17-46)36-43-35(45(5)44-36)28-21-26(11-12-29(28)40)51-34-30(41)22-31-27(33(34)39)13-16-42-31/h7,9-13,16,19,21-22,42,46H,6,8,14-15,17-18,20,23H2,1-5H3/t38-/m1/s1. The Kier molecular flexibility index (Phi) is 12.3. The monoisotopic (exact) mass is 816 g/mol. The van der Waals surface area contributed by atoms with Crippen molar-refractivity contribution in [3.8, 4) is 11.4 Å². The van der Waals surface area contributed by atoms with Crippen molar-refractivity contribution in [1.82, 2.24) is 19.7 Å². The third-order valence-corrected chi connectivity index (χ3v) is 13.3. The molecule has 9 nitrogen and oxygen atoms in total. The molecule has 0 saturated heterocycles. The number of aliphatic hydroxyl groups is 1. The number of benzene rings is 3. The molecule has 0 aliphatic heterocycles. The van der Waals surface area contributed by atoms with E-state index in [9.17, 15) is 18.3 Å². The summed E-state index contributed by atoms with van der Waals surface area (Å²) in [6, 6.07) is 15.4. The van der Waals surface area contributed by atoms with Gasteiger partial charge in [0.05, 0.1) is 47.0 Å². The molecule has 2 heterocycles. The van der Waals surface area contributed by atoms with Crippen molar-refractivity contribution >= 4 is 54.4 Å². The summed E-state index contributed by atoms with van der Waals surface area (Å²) in [6.07, 6.45) is 3.48. The SMILES string of the molecule is CCOC(=O)Cc1cccc([C@@](C)(CCCC(C)(C)CS(=O)(=O)CCO)c2nc(-c3cc(Sc4c(F)cc5[nH]ccc5c4Br)ccc3F)n(C)n2)c1. The van der Waals surface area contributed by atoms with Crippen LogP contribution in [0.3, 0.4) is 0 Å². The molecule has 14 heteroatoms. The Morgan fingerprint density at radius 2 is 1.85 bits per heavy atom.